The minimum Gasteiger partial charge on any atom is -0.481 e. The number of nitrogens with one attached hydrogen (secondary N) is 2. The number of carboxylic acids is 1. The summed E-state index contributed by atoms with van der Waals surface area (Å²) in [7, 11) is 0. The Morgan fingerprint density at radius 3 is 2.05 bits per heavy atom. The van der Waals surface area contributed by atoms with Crippen LogP contribution in [0.15, 0.2) is 35.4 Å². The van der Waals surface area contributed by atoms with E-state index in [0.29, 0.717) is 24.7 Å². The highest BCUT2D eigenvalue weighted by atomic mass is 19.4. The molecule has 0 aromatic heterocycles. The Morgan fingerprint density at radius 1 is 0.828 bits per heavy atom. The zero-order valence-electron chi connectivity index (χ0n) is 39.7. The standard InChI is InChI=1S/C51H71F3N2O8/c1-27(2)38-33(57)25-50(36(58)26-55-43(63)46(7,8)56-40(59)28-12-14-29(15-13-28)51(52,53)54)23-22-48(10)30(39(38)50)16-17-35-47(9)20-19-37(45(5,6)34(47)18-21-49(35,48)11)64-42(62)32-24-31(41(60)61)44(32,3)4/h12-15,27,30-32,34-37,58H,16-26H2,1-11H3,(H,55,63)(H,56,59)(H,60,61)/t30-,31+,32-,34+,35-,36+,37+,47+,48-,49-,50+/m1/s1. The quantitative estimate of drug-likeness (QED) is 0.169. The third-order valence-electron chi connectivity index (χ3n) is 19.1. The first-order valence-corrected chi connectivity index (χ1v) is 23.6. The lowest BCUT2D eigenvalue weighted by molar-refractivity contribution is -0.238. The largest absolute Gasteiger partial charge is 0.481 e. The number of amides is 2. The van der Waals surface area contributed by atoms with Crippen LogP contribution in [0.3, 0.4) is 0 Å². The molecule has 10 nitrogen and oxygen atoms in total. The van der Waals surface area contributed by atoms with Crippen molar-refractivity contribution >= 4 is 29.5 Å². The molecule has 0 unspecified atom stereocenters. The number of ketones is 1. The van der Waals surface area contributed by atoms with Crippen molar-refractivity contribution in [2.45, 2.75) is 164 Å². The van der Waals surface area contributed by atoms with Crippen LogP contribution < -0.4 is 10.6 Å². The van der Waals surface area contributed by atoms with E-state index in [0.717, 1.165) is 80.4 Å². The normalized spacial score (nSPS) is 37.0. The zero-order valence-corrected chi connectivity index (χ0v) is 39.7. The molecule has 2 amide bonds. The van der Waals surface area contributed by atoms with E-state index in [4.69, 9.17) is 4.74 Å². The van der Waals surface area contributed by atoms with E-state index >= 15 is 0 Å². The predicted molar refractivity (Wildman–Crippen MR) is 234 cm³/mol. The van der Waals surface area contributed by atoms with E-state index in [-0.39, 0.29) is 69.9 Å². The molecule has 5 fully saturated rings. The number of carbonyl (C=O) groups is 5. The second-order valence-corrected chi connectivity index (χ2v) is 23.5. The van der Waals surface area contributed by atoms with E-state index in [1.54, 1.807) is 0 Å². The van der Waals surface area contributed by atoms with Crippen molar-refractivity contribution in [2.24, 2.45) is 68.0 Å². The first-order valence-electron chi connectivity index (χ1n) is 23.6. The molecule has 0 aliphatic heterocycles. The van der Waals surface area contributed by atoms with Crippen LogP contribution in [0.4, 0.5) is 13.2 Å². The average Bonchev–Trinajstić information content (AvgIpc) is 3.50. The van der Waals surface area contributed by atoms with Crippen molar-refractivity contribution in [1.82, 2.24) is 10.6 Å². The SMILES string of the molecule is CC(C)C1=C2[C@H]3CC[C@@H]4[C@@]5(C)CC[C@H](OC(=O)[C@H]6C[C@@H](C(=O)O)C6(C)C)C(C)(C)[C@@H]5CC[C@@]4(C)[C@]3(C)CC[C@@]2([C@@H](O)CNC(=O)C(C)(C)NC(=O)c2ccc(C(F)(F)F)cc2)CC1=O. The molecular formula is C51H71F3N2O8. The van der Waals surface area contributed by atoms with Gasteiger partial charge in [0.05, 0.1) is 23.5 Å². The van der Waals surface area contributed by atoms with E-state index in [2.05, 4.69) is 45.3 Å². The van der Waals surface area contributed by atoms with Crippen LogP contribution in [0.1, 0.15) is 156 Å². The highest BCUT2D eigenvalue weighted by Gasteiger charge is 2.71. The van der Waals surface area contributed by atoms with E-state index < -0.39 is 63.8 Å². The number of ether oxygens (including phenoxy) is 1. The minimum absolute atomic E-state index is 0.0339. The van der Waals surface area contributed by atoms with Crippen molar-refractivity contribution in [3.8, 4) is 0 Å². The maximum Gasteiger partial charge on any atom is 0.416 e. The average molecular weight is 897 g/mol. The Labute approximate surface area is 376 Å². The number of carboxylic acid groups (broad SMARTS) is 1. The molecule has 4 N–H and O–H groups in total. The maximum atomic E-state index is 14.2. The summed E-state index contributed by atoms with van der Waals surface area (Å²) in [6, 6.07) is 3.75. The Bertz CT molecular complexity index is 2130. The number of rotatable bonds is 10. The number of halogens is 3. The zero-order chi connectivity index (χ0) is 47.5. The molecule has 13 heteroatoms. The van der Waals surface area contributed by atoms with Gasteiger partial charge in [-0.25, -0.2) is 0 Å². The Balaban J connectivity index is 1.08. The number of Topliss-reactive ketones (excluding diaryl/α,β-unsaturated/α-hetero) is 1. The van der Waals surface area contributed by atoms with Crippen molar-refractivity contribution < 1.29 is 52.1 Å². The van der Waals surface area contributed by atoms with Gasteiger partial charge in [0.1, 0.15) is 11.6 Å². The fraction of sp³-hybridized carbons (Fsp3) is 0.745. The molecule has 0 saturated heterocycles. The van der Waals surface area contributed by atoms with Gasteiger partial charge in [0.25, 0.3) is 5.91 Å². The molecule has 64 heavy (non-hydrogen) atoms. The molecular weight excluding hydrogens is 826 g/mol. The number of aliphatic hydroxyl groups excluding tert-OH is 1. The van der Waals surface area contributed by atoms with Gasteiger partial charge in [-0.15, -0.1) is 0 Å². The third-order valence-corrected chi connectivity index (χ3v) is 19.1. The highest BCUT2D eigenvalue weighted by Crippen LogP contribution is 2.77. The molecule has 7 rings (SSSR count). The molecule has 0 bridgehead atoms. The monoisotopic (exact) mass is 897 g/mol. The number of hydrogen-bond donors (Lipinski definition) is 4. The van der Waals surface area contributed by atoms with Crippen molar-refractivity contribution in [3.05, 3.63) is 46.5 Å². The Kier molecular flexibility index (Phi) is 11.8. The fourth-order valence-electron chi connectivity index (χ4n) is 15.1. The number of alkyl halides is 3. The highest BCUT2D eigenvalue weighted by molar-refractivity contribution is 6.01. The summed E-state index contributed by atoms with van der Waals surface area (Å²) in [5, 5.41) is 27.4. The fourth-order valence-corrected chi connectivity index (χ4v) is 15.1. The third kappa shape index (κ3) is 7.26. The molecule has 0 radical (unpaired) electrons. The van der Waals surface area contributed by atoms with Crippen LogP contribution in [0.2, 0.25) is 0 Å². The lowest BCUT2D eigenvalue weighted by Gasteiger charge is -2.72. The summed E-state index contributed by atoms with van der Waals surface area (Å²) in [4.78, 5) is 66.4. The number of esters is 1. The van der Waals surface area contributed by atoms with Crippen molar-refractivity contribution in [3.63, 3.8) is 0 Å². The molecule has 1 aromatic rings. The molecule has 5 saturated carbocycles. The number of aliphatic carboxylic acids is 1. The minimum atomic E-state index is -4.56. The molecule has 0 heterocycles. The summed E-state index contributed by atoms with van der Waals surface area (Å²) < 4.78 is 45.7. The smallest absolute Gasteiger partial charge is 0.416 e. The maximum absolute atomic E-state index is 14.2. The topological polar surface area (TPSA) is 159 Å². The van der Waals surface area contributed by atoms with Crippen LogP contribution in [-0.4, -0.2) is 64.0 Å². The molecule has 6 aliphatic carbocycles. The van der Waals surface area contributed by atoms with Crippen LogP contribution in [0.25, 0.3) is 0 Å². The Hall–Kier alpha value is -3.74. The number of hydrogen-bond acceptors (Lipinski definition) is 7. The van der Waals surface area contributed by atoms with Gasteiger partial charge in [-0.05, 0) is 147 Å². The van der Waals surface area contributed by atoms with Gasteiger partial charge < -0.3 is 25.6 Å². The van der Waals surface area contributed by atoms with Gasteiger partial charge in [0.2, 0.25) is 5.91 Å². The number of aliphatic hydroxyl groups is 1. The first-order chi connectivity index (χ1) is 29.4. The lowest BCUT2D eigenvalue weighted by atomic mass is 9.33. The van der Waals surface area contributed by atoms with Gasteiger partial charge in [-0.2, -0.15) is 13.2 Å². The van der Waals surface area contributed by atoms with E-state index in [1.165, 1.54) is 13.8 Å². The van der Waals surface area contributed by atoms with Gasteiger partial charge in [-0.1, -0.05) is 67.9 Å². The molecule has 6 aliphatic rings. The molecule has 0 spiro atoms. The van der Waals surface area contributed by atoms with Crippen molar-refractivity contribution in [1.29, 1.82) is 0 Å². The molecule has 1 aromatic carbocycles. The van der Waals surface area contributed by atoms with Crippen LogP contribution in [-0.2, 0) is 30.1 Å². The number of allylic oxidation sites excluding steroid dienone is 1. The number of benzene rings is 1. The van der Waals surface area contributed by atoms with Crippen molar-refractivity contribution in [2.75, 3.05) is 6.54 Å². The van der Waals surface area contributed by atoms with Crippen LogP contribution >= 0.6 is 0 Å². The second kappa shape index (κ2) is 15.7. The van der Waals surface area contributed by atoms with Gasteiger partial charge in [-0.3, -0.25) is 24.0 Å². The second-order valence-electron chi connectivity index (χ2n) is 23.5. The first kappa shape index (κ1) is 48.2. The lowest BCUT2D eigenvalue weighted by Crippen LogP contribution is -2.66. The van der Waals surface area contributed by atoms with Gasteiger partial charge >= 0.3 is 18.1 Å². The summed E-state index contributed by atoms with van der Waals surface area (Å²) in [5.41, 5.74) is -2.69. The van der Waals surface area contributed by atoms with E-state index in [1.807, 2.05) is 27.7 Å². The number of fused-ring (bicyclic) bond motifs is 7. The predicted octanol–water partition coefficient (Wildman–Crippen LogP) is 9.33. The summed E-state index contributed by atoms with van der Waals surface area (Å²) in [5.74, 6) is -2.75. The Morgan fingerprint density at radius 2 is 1.47 bits per heavy atom. The summed E-state index contributed by atoms with van der Waals surface area (Å²) >= 11 is 0. The van der Waals surface area contributed by atoms with Gasteiger partial charge in [0.15, 0.2) is 5.78 Å². The summed E-state index contributed by atoms with van der Waals surface area (Å²) in [6.07, 6.45) is 1.33. The van der Waals surface area contributed by atoms with E-state index in [9.17, 15) is 47.4 Å². The van der Waals surface area contributed by atoms with Crippen LogP contribution in [0.5, 0.6) is 0 Å². The number of carbonyl (C=O) groups excluding carboxylic acids is 4. The van der Waals surface area contributed by atoms with Gasteiger partial charge in [0, 0.05) is 29.4 Å². The molecule has 354 valence electrons. The van der Waals surface area contributed by atoms with Crippen LogP contribution in [0, 0.1) is 68.0 Å². The molecule has 11 atom stereocenters. The summed E-state index contributed by atoms with van der Waals surface area (Å²) in [6.45, 7) is 22.5.